The Morgan fingerprint density at radius 2 is 2.11 bits per heavy atom. The third-order valence-corrected chi connectivity index (χ3v) is 3.50. The molecular formula is C14H18FNO2. The summed E-state index contributed by atoms with van der Waals surface area (Å²) in [6, 6.07) is 3.94. The van der Waals surface area contributed by atoms with Crippen molar-refractivity contribution in [1.82, 2.24) is 0 Å². The molecule has 0 aromatic heterocycles. The molecule has 1 aliphatic rings. The largest absolute Gasteiger partial charge is 0.458 e. The number of hydrogen-bond donors (Lipinski definition) is 1. The van der Waals surface area contributed by atoms with Crippen LogP contribution in [0, 0.1) is 11.7 Å². The van der Waals surface area contributed by atoms with Crippen LogP contribution in [0.15, 0.2) is 18.2 Å². The molecule has 18 heavy (non-hydrogen) atoms. The first-order valence-electron chi connectivity index (χ1n) is 6.34. The Bertz CT molecular complexity index is 447. The van der Waals surface area contributed by atoms with Gasteiger partial charge in [-0.15, -0.1) is 0 Å². The van der Waals surface area contributed by atoms with E-state index < -0.39 is 11.8 Å². The lowest BCUT2D eigenvalue weighted by Crippen LogP contribution is -2.28. The number of nitrogens with two attached hydrogens (primary N) is 1. The molecule has 2 N–H and O–H groups in total. The molecule has 3 nitrogen and oxygen atoms in total. The van der Waals surface area contributed by atoms with E-state index in [9.17, 15) is 9.18 Å². The quantitative estimate of drug-likeness (QED) is 0.649. The van der Waals surface area contributed by atoms with E-state index in [0.29, 0.717) is 11.6 Å². The summed E-state index contributed by atoms with van der Waals surface area (Å²) < 4.78 is 18.9. The Balaban J connectivity index is 2.09. The number of rotatable bonds is 2. The lowest BCUT2D eigenvalue weighted by Gasteiger charge is -2.28. The average molecular weight is 251 g/mol. The zero-order valence-electron chi connectivity index (χ0n) is 10.5. The minimum Gasteiger partial charge on any atom is -0.458 e. The molecule has 98 valence electrons. The van der Waals surface area contributed by atoms with Crippen molar-refractivity contribution in [2.75, 3.05) is 5.73 Å². The highest BCUT2D eigenvalue weighted by atomic mass is 19.1. The Hall–Kier alpha value is -1.58. The summed E-state index contributed by atoms with van der Waals surface area (Å²) in [5, 5.41) is 0. The number of anilines is 1. The number of esters is 1. The average Bonchev–Trinajstić information content (AvgIpc) is 2.35. The maximum atomic E-state index is 13.5. The molecule has 0 amide bonds. The minimum absolute atomic E-state index is 0.0761. The molecule has 1 saturated carbocycles. The van der Waals surface area contributed by atoms with E-state index in [1.807, 2.05) is 0 Å². The topological polar surface area (TPSA) is 52.3 Å². The van der Waals surface area contributed by atoms with Crippen LogP contribution >= 0.6 is 0 Å². The molecular weight excluding hydrogens is 233 g/mol. The van der Waals surface area contributed by atoms with Gasteiger partial charge in [0.05, 0.1) is 5.56 Å². The molecule has 1 fully saturated rings. The Morgan fingerprint density at radius 1 is 1.39 bits per heavy atom. The third kappa shape index (κ3) is 2.81. The van der Waals surface area contributed by atoms with Crippen LogP contribution in [0.25, 0.3) is 0 Å². The molecule has 0 bridgehead atoms. The van der Waals surface area contributed by atoms with Gasteiger partial charge in [-0.25, -0.2) is 9.18 Å². The van der Waals surface area contributed by atoms with Crippen LogP contribution in [0.3, 0.4) is 0 Å². The van der Waals surface area contributed by atoms with Crippen molar-refractivity contribution in [2.24, 2.45) is 5.92 Å². The highest BCUT2D eigenvalue weighted by Crippen LogP contribution is 2.27. The summed E-state index contributed by atoms with van der Waals surface area (Å²) in [5.74, 6) is -0.858. The fourth-order valence-electron chi connectivity index (χ4n) is 2.36. The maximum Gasteiger partial charge on any atom is 0.341 e. The summed E-state index contributed by atoms with van der Waals surface area (Å²) in [4.78, 5) is 11.9. The summed E-state index contributed by atoms with van der Waals surface area (Å²) in [6.07, 6.45) is 4.03. The van der Waals surface area contributed by atoms with Crippen LogP contribution in [0.1, 0.15) is 43.0 Å². The molecule has 4 heteroatoms. The van der Waals surface area contributed by atoms with Gasteiger partial charge in [0.25, 0.3) is 0 Å². The van der Waals surface area contributed by atoms with Crippen molar-refractivity contribution in [3.63, 3.8) is 0 Å². The standard InChI is InChI=1S/C14H18FNO2/c1-9-4-2-3-5-13(9)18-14(17)11-8-10(16)6-7-12(11)15/h6-9,13H,2-5,16H2,1H3. The zero-order valence-corrected chi connectivity index (χ0v) is 10.5. The smallest absolute Gasteiger partial charge is 0.341 e. The van der Waals surface area contributed by atoms with Gasteiger partial charge < -0.3 is 10.5 Å². The predicted octanol–water partition coefficient (Wildman–Crippen LogP) is 3.14. The molecule has 2 atom stereocenters. The SMILES string of the molecule is CC1CCCCC1OC(=O)c1cc(N)ccc1F. The molecule has 1 aromatic rings. The Morgan fingerprint density at radius 3 is 2.83 bits per heavy atom. The Labute approximate surface area is 106 Å². The van der Waals surface area contributed by atoms with Crippen LogP contribution in [-0.2, 0) is 4.74 Å². The summed E-state index contributed by atoms with van der Waals surface area (Å²) in [7, 11) is 0. The number of nitrogen functional groups attached to an aromatic ring is 1. The van der Waals surface area contributed by atoms with E-state index in [1.165, 1.54) is 24.6 Å². The second kappa shape index (κ2) is 5.38. The van der Waals surface area contributed by atoms with E-state index in [-0.39, 0.29) is 11.7 Å². The molecule has 2 rings (SSSR count). The zero-order chi connectivity index (χ0) is 13.1. The van der Waals surface area contributed by atoms with Crippen LogP contribution in [0.2, 0.25) is 0 Å². The monoisotopic (exact) mass is 251 g/mol. The Kier molecular flexibility index (Phi) is 3.84. The van der Waals surface area contributed by atoms with Gasteiger partial charge in [0.1, 0.15) is 11.9 Å². The molecule has 0 spiro atoms. The fraction of sp³-hybridized carbons (Fsp3) is 0.500. The van der Waals surface area contributed by atoms with Crippen molar-refractivity contribution in [3.05, 3.63) is 29.6 Å². The van der Waals surface area contributed by atoms with Gasteiger partial charge in [0.2, 0.25) is 0 Å². The van der Waals surface area contributed by atoms with E-state index in [4.69, 9.17) is 10.5 Å². The van der Waals surface area contributed by atoms with Gasteiger partial charge >= 0.3 is 5.97 Å². The summed E-state index contributed by atoms with van der Waals surface area (Å²) >= 11 is 0. The van der Waals surface area contributed by atoms with Crippen LogP contribution in [-0.4, -0.2) is 12.1 Å². The van der Waals surface area contributed by atoms with E-state index in [0.717, 1.165) is 19.3 Å². The second-order valence-electron chi connectivity index (χ2n) is 4.94. The van der Waals surface area contributed by atoms with E-state index >= 15 is 0 Å². The number of benzene rings is 1. The highest BCUT2D eigenvalue weighted by molar-refractivity contribution is 5.90. The fourth-order valence-corrected chi connectivity index (χ4v) is 2.36. The summed E-state index contributed by atoms with van der Waals surface area (Å²) in [6.45, 7) is 2.06. The molecule has 1 aromatic carbocycles. The normalized spacial score (nSPS) is 23.7. The number of hydrogen-bond acceptors (Lipinski definition) is 3. The highest BCUT2D eigenvalue weighted by Gasteiger charge is 2.26. The molecule has 0 radical (unpaired) electrons. The summed E-state index contributed by atoms with van der Waals surface area (Å²) in [5.41, 5.74) is 5.84. The molecule has 2 unspecified atom stereocenters. The first-order valence-corrected chi connectivity index (χ1v) is 6.34. The van der Waals surface area contributed by atoms with Crippen molar-refractivity contribution >= 4 is 11.7 Å². The van der Waals surface area contributed by atoms with Gasteiger partial charge in [0.15, 0.2) is 0 Å². The molecule has 0 heterocycles. The van der Waals surface area contributed by atoms with Gasteiger partial charge in [-0.2, -0.15) is 0 Å². The minimum atomic E-state index is -0.612. The van der Waals surface area contributed by atoms with Gasteiger partial charge in [-0.3, -0.25) is 0 Å². The third-order valence-electron chi connectivity index (χ3n) is 3.50. The second-order valence-corrected chi connectivity index (χ2v) is 4.94. The van der Waals surface area contributed by atoms with E-state index in [1.54, 1.807) is 0 Å². The van der Waals surface area contributed by atoms with Crippen LogP contribution < -0.4 is 5.73 Å². The molecule has 0 saturated heterocycles. The van der Waals surface area contributed by atoms with Gasteiger partial charge in [0, 0.05) is 5.69 Å². The van der Waals surface area contributed by atoms with E-state index in [2.05, 4.69) is 6.92 Å². The van der Waals surface area contributed by atoms with Gasteiger partial charge in [-0.05, 0) is 43.4 Å². The van der Waals surface area contributed by atoms with Crippen molar-refractivity contribution < 1.29 is 13.9 Å². The first-order chi connectivity index (χ1) is 8.58. The number of ether oxygens (including phenoxy) is 1. The van der Waals surface area contributed by atoms with Crippen molar-refractivity contribution in [3.8, 4) is 0 Å². The molecule has 1 aliphatic carbocycles. The lowest BCUT2D eigenvalue weighted by molar-refractivity contribution is 0.00437. The maximum absolute atomic E-state index is 13.5. The first kappa shape index (κ1) is 12.9. The molecule has 0 aliphatic heterocycles. The van der Waals surface area contributed by atoms with Crippen LogP contribution in [0.4, 0.5) is 10.1 Å². The number of halogens is 1. The van der Waals surface area contributed by atoms with Gasteiger partial charge in [-0.1, -0.05) is 13.3 Å². The predicted molar refractivity (Wildman–Crippen MR) is 67.6 cm³/mol. The number of carbonyl (C=O) groups is 1. The van der Waals surface area contributed by atoms with Crippen LogP contribution in [0.5, 0.6) is 0 Å². The van der Waals surface area contributed by atoms with Crippen molar-refractivity contribution in [1.29, 1.82) is 0 Å². The lowest BCUT2D eigenvalue weighted by atomic mass is 9.88. The van der Waals surface area contributed by atoms with Crippen molar-refractivity contribution in [2.45, 2.75) is 38.7 Å². The number of carbonyl (C=O) groups excluding carboxylic acids is 1.